The first-order chi connectivity index (χ1) is 13.7. The van der Waals surface area contributed by atoms with Gasteiger partial charge >= 0.3 is 5.97 Å². The van der Waals surface area contributed by atoms with Crippen molar-refractivity contribution in [3.05, 3.63) is 60.4 Å². The zero-order valence-corrected chi connectivity index (χ0v) is 15.3. The van der Waals surface area contributed by atoms with Crippen LogP contribution in [0, 0.1) is 0 Å². The summed E-state index contributed by atoms with van der Waals surface area (Å²) in [5, 5.41) is 12.5. The van der Waals surface area contributed by atoms with Crippen molar-refractivity contribution in [3.8, 4) is 22.7 Å². The molecule has 1 N–H and O–H groups in total. The number of H-pyrrole nitrogens is 1. The Morgan fingerprint density at radius 1 is 1.18 bits per heavy atom. The lowest BCUT2D eigenvalue weighted by Gasteiger charge is -2.10. The molecule has 0 amide bonds. The molecule has 5 rings (SSSR count). The Bertz CT molecular complexity index is 1170. The first kappa shape index (κ1) is 16.6. The van der Waals surface area contributed by atoms with Gasteiger partial charge in [-0.3, -0.25) is 5.10 Å². The van der Waals surface area contributed by atoms with Gasteiger partial charge in [0.15, 0.2) is 5.69 Å². The van der Waals surface area contributed by atoms with Crippen LogP contribution < -0.4 is 4.74 Å². The minimum absolute atomic E-state index is 0.242. The molecule has 2 aromatic heterocycles. The first-order valence-electron chi connectivity index (χ1n) is 9.11. The zero-order valence-electron chi connectivity index (χ0n) is 15.3. The number of benzene rings is 2. The van der Waals surface area contributed by atoms with Crippen LogP contribution in [0.1, 0.15) is 23.3 Å². The van der Waals surface area contributed by atoms with E-state index in [0.717, 1.165) is 46.4 Å². The number of nitrogens with one attached hydrogen (secondary N) is 1. The van der Waals surface area contributed by atoms with Gasteiger partial charge in [0.2, 0.25) is 0 Å². The average Bonchev–Trinajstić information content (AvgIpc) is 3.22. The number of hydrogen-bond donors (Lipinski definition) is 1. The number of aromatic nitrogens is 4. The topological polar surface area (TPSA) is 82.0 Å². The van der Waals surface area contributed by atoms with Crippen LogP contribution in [-0.2, 0) is 4.74 Å². The molecule has 7 heteroatoms. The van der Waals surface area contributed by atoms with Crippen LogP contribution in [0.3, 0.4) is 0 Å². The van der Waals surface area contributed by atoms with Crippen LogP contribution in [0.4, 0.5) is 0 Å². The van der Waals surface area contributed by atoms with Gasteiger partial charge in [-0.05, 0) is 43.2 Å². The van der Waals surface area contributed by atoms with Gasteiger partial charge in [0.05, 0.1) is 36.3 Å². The molecule has 2 heterocycles. The molecule has 0 spiro atoms. The second kappa shape index (κ2) is 6.53. The van der Waals surface area contributed by atoms with Crippen molar-refractivity contribution in [2.24, 2.45) is 0 Å². The van der Waals surface area contributed by atoms with Crippen LogP contribution in [0.2, 0.25) is 0 Å². The molecule has 1 fully saturated rings. The number of ether oxygens (including phenoxy) is 2. The molecule has 0 radical (unpaired) electrons. The summed E-state index contributed by atoms with van der Waals surface area (Å²) in [7, 11) is 1.35. The van der Waals surface area contributed by atoms with Crippen LogP contribution in [-0.4, -0.2) is 39.2 Å². The molecule has 7 nitrogen and oxygen atoms in total. The number of aromatic amines is 1. The number of hydrogen-bond acceptors (Lipinski definition) is 5. The predicted molar refractivity (Wildman–Crippen MR) is 104 cm³/mol. The molecule has 1 aliphatic carbocycles. The Morgan fingerprint density at radius 3 is 2.86 bits per heavy atom. The van der Waals surface area contributed by atoms with Gasteiger partial charge in [-0.2, -0.15) is 10.2 Å². The molecule has 1 saturated carbocycles. The van der Waals surface area contributed by atoms with E-state index in [-0.39, 0.29) is 5.69 Å². The number of nitrogens with zero attached hydrogens (tertiary/aromatic N) is 3. The molecular formula is C21H18N4O3. The molecule has 4 aromatic rings. The minimum atomic E-state index is -0.482. The number of methoxy groups -OCH3 is 1. The molecule has 0 atom stereocenters. The smallest absolute Gasteiger partial charge is 0.358 e. The number of fused-ring (bicyclic) bond motifs is 1. The van der Waals surface area contributed by atoms with Gasteiger partial charge in [-0.25, -0.2) is 9.48 Å². The third kappa shape index (κ3) is 2.90. The van der Waals surface area contributed by atoms with E-state index in [1.807, 2.05) is 42.5 Å². The average molecular weight is 374 g/mol. The highest BCUT2D eigenvalue weighted by atomic mass is 16.5. The largest absolute Gasteiger partial charge is 0.490 e. The summed E-state index contributed by atoms with van der Waals surface area (Å²) in [6, 6.07) is 15.4. The second-order valence-corrected chi connectivity index (χ2v) is 6.77. The maximum Gasteiger partial charge on any atom is 0.358 e. The van der Waals surface area contributed by atoms with Gasteiger partial charge in [0, 0.05) is 10.9 Å². The molecule has 0 bridgehead atoms. The summed E-state index contributed by atoms with van der Waals surface area (Å²) in [4.78, 5) is 12.1. The van der Waals surface area contributed by atoms with Gasteiger partial charge in [0.25, 0.3) is 0 Å². The van der Waals surface area contributed by atoms with Crippen molar-refractivity contribution in [2.45, 2.75) is 18.9 Å². The highest BCUT2D eigenvalue weighted by Crippen LogP contribution is 2.32. The van der Waals surface area contributed by atoms with Crippen molar-refractivity contribution in [3.63, 3.8) is 0 Å². The van der Waals surface area contributed by atoms with Crippen LogP contribution in [0.5, 0.6) is 5.75 Å². The normalized spacial score (nSPS) is 13.6. The summed E-state index contributed by atoms with van der Waals surface area (Å²) >= 11 is 0. The lowest BCUT2D eigenvalue weighted by molar-refractivity contribution is 0.0593. The third-order valence-electron chi connectivity index (χ3n) is 4.75. The van der Waals surface area contributed by atoms with Gasteiger partial charge in [-0.1, -0.05) is 18.2 Å². The number of carbonyl (C=O) groups excluding carboxylic acids is 1. The van der Waals surface area contributed by atoms with Crippen molar-refractivity contribution in [2.75, 3.05) is 7.11 Å². The lowest BCUT2D eigenvalue weighted by atomic mass is 10.1. The number of esters is 1. The molecule has 1 aliphatic rings. The molecular weight excluding hydrogens is 356 g/mol. The molecule has 140 valence electrons. The van der Waals surface area contributed by atoms with E-state index in [2.05, 4.69) is 15.3 Å². The fourth-order valence-corrected chi connectivity index (χ4v) is 3.22. The SMILES string of the molecule is COC(=O)c1cc(-c2cccc(OC3CC3)c2)n(-c2cccc3[nH]ncc23)n1. The first-order valence-corrected chi connectivity index (χ1v) is 9.11. The number of rotatable bonds is 5. The highest BCUT2D eigenvalue weighted by Gasteiger charge is 2.24. The van der Waals surface area contributed by atoms with Gasteiger partial charge in [0.1, 0.15) is 5.75 Å². The van der Waals surface area contributed by atoms with Crippen molar-refractivity contribution in [1.29, 1.82) is 0 Å². The maximum atomic E-state index is 12.1. The van der Waals surface area contributed by atoms with Crippen LogP contribution >= 0.6 is 0 Å². The van der Waals surface area contributed by atoms with Crippen LogP contribution in [0.15, 0.2) is 54.7 Å². The van der Waals surface area contributed by atoms with Gasteiger partial charge < -0.3 is 9.47 Å². The van der Waals surface area contributed by atoms with E-state index < -0.39 is 5.97 Å². The monoisotopic (exact) mass is 374 g/mol. The van der Waals surface area contributed by atoms with Crippen molar-refractivity contribution >= 4 is 16.9 Å². The summed E-state index contributed by atoms with van der Waals surface area (Å²) < 4.78 is 12.6. The Kier molecular flexibility index (Phi) is 3.86. The van der Waals surface area contributed by atoms with E-state index in [4.69, 9.17) is 9.47 Å². The summed E-state index contributed by atoms with van der Waals surface area (Å²) in [5.41, 5.74) is 3.64. The fourth-order valence-electron chi connectivity index (χ4n) is 3.22. The maximum absolute atomic E-state index is 12.1. The van der Waals surface area contributed by atoms with E-state index >= 15 is 0 Å². The Labute approximate surface area is 160 Å². The molecule has 0 aliphatic heterocycles. The fraction of sp³-hybridized carbons (Fsp3) is 0.190. The molecule has 0 saturated heterocycles. The minimum Gasteiger partial charge on any atom is -0.490 e. The summed E-state index contributed by atoms with van der Waals surface area (Å²) in [5.74, 6) is 0.332. The van der Waals surface area contributed by atoms with E-state index in [9.17, 15) is 4.79 Å². The quantitative estimate of drug-likeness (QED) is 0.538. The van der Waals surface area contributed by atoms with Crippen molar-refractivity contribution in [1.82, 2.24) is 20.0 Å². The third-order valence-corrected chi connectivity index (χ3v) is 4.75. The predicted octanol–water partition coefficient (Wildman–Crippen LogP) is 3.74. The van der Waals surface area contributed by atoms with Crippen molar-refractivity contribution < 1.29 is 14.3 Å². The highest BCUT2D eigenvalue weighted by molar-refractivity contribution is 5.91. The molecule has 28 heavy (non-hydrogen) atoms. The molecule has 2 aromatic carbocycles. The summed E-state index contributed by atoms with van der Waals surface area (Å²) in [6.45, 7) is 0. The lowest BCUT2D eigenvalue weighted by Crippen LogP contribution is -2.05. The van der Waals surface area contributed by atoms with E-state index in [1.165, 1.54) is 7.11 Å². The molecule has 0 unspecified atom stereocenters. The Balaban J connectivity index is 1.67. The van der Waals surface area contributed by atoms with E-state index in [0.29, 0.717) is 6.10 Å². The zero-order chi connectivity index (χ0) is 19.1. The standard InChI is InChI=1S/C21H18N4O3/c1-27-21(26)18-11-20(13-4-2-5-15(10-13)28-14-8-9-14)25(24-18)19-7-3-6-17-16(19)12-22-23-17/h2-7,10-12,14H,8-9H2,1H3,(H,22,23). The van der Waals surface area contributed by atoms with Crippen LogP contribution in [0.25, 0.3) is 27.8 Å². The Hall–Kier alpha value is -3.61. The summed E-state index contributed by atoms with van der Waals surface area (Å²) in [6.07, 6.45) is 4.25. The number of carbonyl (C=O) groups is 1. The second-order valence-electron chi connectivity index (χ2n) is 6.77. The van der Waals surface area contributed by atoms with Gasteiger partial charge in [-0.15, -0.1) is 0 Å². The Morgan fingerprint density at radius 2 is 2.04 bits per heavy atom. The van der Waals surface area contributed by atoms with E-state index in [1.54, 1.807) is 16.9 Å².